The highest BCUT2D eigenvalue weighted by molar-refractivity contribution is 5.51. The van der Waals surface area contributed by atoms with Crippen molar-refractivity contribution in [1.82, 2.24) is 0 Å². The molecule has 3 aromatic rings. The summed E-state index contributed by atoms with van der Waals surface area (Å²) >= 11 is 0. The summed E-state index contributed by atoms with van der Waals surface area (Å²) in [6.07, 6.45) is 2.72. The molecule has 0 aliphatic carbocycles. The van der Waals surface area contributed by atoms with Gasteiger partial charge in [-0.3, -0.25) is 0 Å². The predicted molar refractivity (Wildman–Crippen MR) is 102 cm³/mol. The molecule has 0 amide bonds. The molecular weight excluding hydrogens is 288 g/mol. The molecule has 0 aromatic heterocycles. The van der Waals surface area contributed by atoms with Gasteiger partial charge in [-0.25, -0.2) is 0 Å². The van der Waals surface area contributed by atoms with Gasteiger partial charge in [0.15, 0.2) is 0 Å². The number of rotatable bonds is 4. The fraction of sp³-hybridized carbons (Fsp3) is 0.0833. The monoisotopic (exact) mass is 308 g/mol. The third-order valence-electron chi connectivity index (χ3n) is 4.18. The van der Waals surface area contributed by atoms with Crippen LogP contribution in [0.25, 0.3) is 0 Å². The van der Waals surface area contributed by atoms with Gasteiger partial charge >= 0.3 is 0 Å². The maximum atomic E-state index is 3.98. The molecule has 0 heterocycles. The highest BCUT2D eigenvalue weighted by Crippen LogP contribution is 2.35. The van der Waals surface area contributed by atoms with Gasteiger partial charge in [0.25, 0.3) is 0 Å². The zero-order valence-electron chi connectivity index (χ0n) is 13.7. The molecule has 24 heavy (non-hydrogen) atoms. The fourth-order valence-corrected chi connectivity index (χ4v) is 2.96. The van der Waals surface area contributed by atoms with Crippen LogP contribution >= 0.6 is 0 Å². The lowest BCUT2D eigenvalue weighted by Crippen LogP contribution is -2.25. The Morgan fingerprint density at radius 3 is 1.62 bits per heavy atom. The minimum absolute atomic E-state index is 0.389. The second-order valence-electron chi connectivity index (χ2n) is 5.75. The van der Waals surface area contributed by atoms with Crippen LogP contribution in [0.5, 0.6) is 0 Å². The van der Waals surface area contributed by atoms with Gasteiger partial charge in [0.05, 0.1) is 5.41 Å². The summed E-state index contributed by atoms with van der Waals surface area (Å²) in [7, 11) is 0. The Hall–Kier alpha value is -3.04. The summed E-state index contributed by atoms with van der Waals surface area (Å²) in [5.41, 5.74) is 3.02. The molecule has 0 fully saturated rings. The Bertz CT molecular complexity index is 795. The predicted octanol–water partition coefficient (Wildman–Crippen LogP) is 5.60. The van der Waals surface area contributed by atoms with Crippen molar-refractivity contribution in [1.29, 1.82) is 0 Å². The molecule has 3 rings (SSSR count). The summed E-state index contributed by atoms with van der Waals surface area (Å²) in [5, 5.41) is 0. The lowest BCUT2D eigenvalue weighted by molar-refractivity contribution is 0.680. The summed E-state index contributed by atoms with van der Waals surface area (Å²) in [6.45, 7) is 3.98. The third kappa shape index (κ3) is 3.31. The average molecular weight is 308 g/mol. The van der Waals surface area contributed by atoms with Gasteiger partial charge in [0, 0.05) is 5.56 Å². The highest BCUT2D eigenvalue weighted by atomic mass is 14.3. The quantitative estimate of drug-likeness (QED) is 0.435. The van der Waals surface area contributed by atoms with Gasteiger partial charge < -0.3 is 0 Å². The Morgan fingerprint density at radius 1 is 0.708 bits per heavy atom. The van der Waals surface area contributed by atoms with Crippen LogP contribution in [0.2, 0.25) is 0 Å². The van der Waals surface area contributed by atoms with E-state index in [-0.39, 0.29) is 5.41 Å². The summed E-state index contributed by atoms with van der Waals surface area (Å²) in [6, 6.07) is 31.1. The maximum absolute atomic E-state index is 3.98. The number of hydrogen-bond donors (Lipinski definition) is 0. The molecule has 0 spiro atoms. The van der Waals surface area contributed by atoms with E-state index in [2.05, 4.69) is 67.0 Å². The van der Waals surface area contributed by atoms with Gasteiger partial charge in [0.2, 0.25) is 0 Å². The molecule has 0 saturated carbocycles. The molecular formula is C24H20. The van der Waals surface area contributed by atoms with Crippen LogP contribution in [0.4, 0.5) is 0 Å². The molecule has 0 aliphatic heterocycles. The maximum Gasteiger partial charge on any atom is 0.0849 e. The van der Waals surface area contributed by atoms with Crippen LogP contribution in [0, 0.1) is 11.8 Å². The van der Waals surface area contributed by atoms with Crippen LogP contribution in [-0.4, -0.2) is 0 Å². The minimum atomic E-state index is -0.389. The van der Waals surface area contributed by atoms with Gasteiger partial charge in [-0.2, -0.15) is 0 Å². The molecule has 0 heteroatoms. The van der Waals surface area contributed by atoms with Crippen LogP contribution < -0.4 is 0 Å². The van der Waals surface area contributed by atoms with Gasteiger partial charge in [0.1, 0.15) is 0 Å². The standard InChI is InChI=1S/C24H20/c1-2-19-24(22-14-8-4-9-15-22,23-16-10-5-11-17-23)20-18-21-12-6-3-7-13-21/h2-17H,1,19H2. The normalized spacial score (nSPS) is 10.5. The second kappa shape index (κ2) is 7.49. The van der Waals surface area contributed by atoms with Crippen LogP contribution in [-0.2, 0) is 5.41 Å². The van der Waals surface area contributed by atoms with Crippen molar-refractivity contribution in [2.75, 3.05) is 0 Å². The van der Waals surface area contributed by atoms with Gasteiger partial charge in [-0.05, 0) is 29.7 Å². The first-order chi connectivity index (χ1) is 11.8. The first kappa shape index (κ1) is 15.8. The Balaban J connectivity index is 2.20. The summed E-state index contributed by atoms with van der Waals surface area (Å²) < 4.78 is 0. The van der Waals surface area contributed by atoms with E-state index in [1.807, 2.05) is 48.5 Å². The van der Waals surface area contributed by atoms with E-state index >= 15 is 0 Å². The van der Waals surface area contributed by atoms with E-state index < -0.39 is 0 Å². The van der Waals surface area contributed by atoms with E-state index in [1.165, 1.54) is 11.1 Å². The van der Waals surface area contributed by atoms with E-state index in [9.17, 15) is 0 Å². The second-order valence-corrected chi connectivity index (χ2v) is 5.75. The van der Waals surface area contributed by atoms with Crippen molar-refractivity contribution in [3.8, 4) is 11.8 Å². The minimum Gasteiger partial charge on any atom is -0.103 e. The van der Waals surface area contributed by atoms with E-state index in [1.54, 1.807) is 0 Å². The Kier molecular flexibility index (Phi) is 4.94. The third-order valence-corrected chi connectivity index (χ3v) is 4.18. The van der Waals surface area contributed by atoms with Crippen LogP contribution in [0.3, 0.4) is 0 Å². The molecule has 0 nitrogen and oxygen atoms in total. The van der Waals surface area contributed by atoms with Crippen LogP contribution in [0.15, 0.2) is 104 Å². The number of hydrogen-bond acceptors (Lipinski definition) is 0. The van der Waals surface area contributed by atoms with E-state index in [0.29, 0.717) is 0 Å². The molecule has 116 valence electrons. The van der Waals surface area contributed by atoms with Crippen molar-refractivity contribution in [3.05, 3.63) is 120 Å². The lowest BCUT2D eigenvalue weighted by atomic mass is 9.72. The molecule has 0 radical (unpaired) electrons. The topological polar surface area (TPSA) is 0 Å². The zero-order chi connectivity index (χ0) is 16.7. The smallest absolute Gasteiger partial charge is 0.0849 e. The molecule has 3 aromatic carbocycles. The molecule has 0 aliphatic rings. The SMILES string of the molecule is C=CCC(C#Cc1ccccc1)(c1ccccc1)c1ccccc1. The number of benzene rings is 3. The van der Waals surface area contributed by atoms with Gasteiger partial charge in [-0.15, -0.1) is 6.58 Å². The Morgan fingerprint density at radius 2 is 1.17 bits per heavy atom. The Labute approximate surface area is 144 Å². The fourth-order valence-electron chi connectivity index (χ4n) is 2.96. The molecule has 0 bridgehead atoms. The first-order valence-corrected chi connectivity index (χ1v) is 8.15. The average Bonchev–Trinajstić information content (AvgIpc) is 2.67. The summed E-state index contributed by atoms with van der Waals surface area (Å²) in [4.78, 5) is 0. The number of allylic oxidation sites excluding steroid dienone is 1. The molecule has 0 atom stereocenters. The largest absolute Gasteiger partial charge is 0.103 e. The first-order valence-electron chi connectivity index (χ1n) is 8.15. The van der Waals surface area contributed by atoms with Crippen LogP contribution in [0.1, 0.15) is 23.1 Å². The summed E-state index contributed by atoms with van der Waals surface area (Å²) in [5.74, 6) is 6.93. The van der Waals surface area contributed by atoms with E-state index in [0.717, 1.165) is 12.0 Å². The highest BCUT2D eigenvalue weighted by Gasteiger charge is 2.30. The van der Waals surface area contributed by atoms with Crippen molar-refractivity contribution >= 4 is 0 Å². The molecule has 0 unspecified atom stereocenters. The van der Waals surface area contributed by atoms with Crippen molar-refractivity contribution in [2.45, 2.75) is 11.8 Å². The van der Waals surface area contributed by atoms with Crippen molar-refractivity contribution < 1.29 is 0 Å². The van der Waals surface area contributed by atoms with E-state index in [4.69, 9.17) is 0 Å². The van der Waals surface area contributed by atoms with Crippen molar-refractivity contribution in [2.24, 2.45) is 0 Å². The lowest BCUT2D eigenvalue weighted by Gasteiger charge is -2.29. The van der Waals surface area contributed by atoms with Gasteiger partial charge in [-0.1, -0.05) is 96.8 Å². The molecule has 0 saturated heterocycles. The zero-order valence-corrected chi connectivity index (χ0v) is 13.7. The van der Waals surface area contributed by atoms with Crippen molar-refractivity contribution in [3.63, 3.8) is 0 Å². The molecule has 0 N–H and O–H groups in total.